The molecule has 4 nitrogen and oxygen atoms in total. The molecular formula is C13H20ClN3OS. The Kier molecular flexibility index (Phi) is 4.81. The second-order valence-electron chi connectivity index (χ2n) is 5.37. The number of aryl methyl sites for hydroxylation is 1. The number of nitrogens with one attached hydrogen (secondary N) is 2. The Hall–Kier alpha value is -0.650. The van der Waals surface area contributed by atoms with Gasteiger partial charge in [-0.3, -0.25) is 4.79 Å². The van der Waals surface area contributed by atoms with Gasteiger partial charge in [0.05, 0.1) is 6.04 Å². The molecule has 1 aliphatic carbocycles. The minimum absolute atomic E-state index is 0. The van der Waals surface area contributed by atoms with Gasteiger partial charge in [-0.1, -0.05) is 12.8 Å². The Balaban J connectivity index is 0.00000133. The fourth-order valence-electron chi connectivity index (χ4n) is 3.13. The number of hydrogen-bond acceptors (Lipinski definition) is 4. The van der Waals surface area contributed by atoms with E-state index in [0.29, 0.717) is 17.1 Å². The van der Waals surface area contributed by atoms with Gasteiger partial charge in [0.2, 0.25) is 5.91 Å². The average molecular weight is 302 g/mol. The molecule has 1 saturated heterocycles. The summed E-state index contributed by atoms with van der Waals surface area (Å²) in [7, 11) is 0. The second-order valence-corrected chi connectivity index (χ2v) is 6.61. The molecular weight excluding hydrogens is 282 g/mol. The molecule has 0 bridgehead atoms. The quantitative estimate of drug-likeness (QED) is 0.883. The molecule has 1 aliphatic heterocycles. The van der Waals surface area contributed by atoms with E-state index in [1.54, 1.807) is 6.20 Å². The van der Waals surface area contributed by atoms with Gasteiger partial charge in [-0.25, -0.2) is 4.98 Å². The molecule has 1 saturated carbocycles. The number of nitrogens with zero attached hydrogens (tertiary/aromatic N) is 1. The Labute approximate surface area is 123 Å². The Morgan fingerprint density at radius 2 is 2.26 bits per heavy atom. The van der Waals surface area contributed by atoms with Crippen molar-refractivity contribution < 1.29 is 4.79 Å². The Bertz CT molecular complexity index is 437. The first-order valence-corrected chi connectivity index (χ1v) is 7.53. The average Bonchev–Trinajstić information content (AvgIpc) is 2.95. The van der Waals surface area contributed by atoms with Crippen LogP contribution in [0.1, 0.15) is 37.0 Å². The minimum Gasteiger partial charge on any atom is -0.303 e. The van der Waals surface area contributed by atoms with Crippen LogP contribution in [0.3, 0.4) is 0 Å². The number of thiazole rings is 1. The van der Waals surface area contributed by atoms with Gasteiger partial charge in [-0.2, -0.15) is 0 Å². The molecule has 3 atom stereocenters. The van der Waals surface area contributed by atoms with Crippen LogP contribution in [0.2, 0.25) is 0 Å². The fraction of sp³-hybridized carbons (Fsp3) is 0.692. The third-order valence-electron chi connectivity index (χ3n) is 4.03. The van der Waals surface area contributed by atoms with Crippen LogP contribution in [0.5, 0.6) is 0 Å². The number of amides is 1. The van der Waals surface area contributed by atoms with Gasteiger partial charge in [-0.05, 0) is 32.1 Å². The highest BCUT2D eigenvalue weighted by atomic mass is 35.5. The molecule has 1 aromatic heterocycles. The summed E-state index contributed by atoms with van der Waals surface area (Å²) >= 11 is 1.53. The third-order valence-corrected chi connectivity index (χ3v) is 4.86. The van der Waals surface area contributed by atoms with Crippen molar-refractivity contribution in [2.24, 2.45) is 5.92 Å². The monoisotopic (exact) mass is 301 g/mol. The van der Waals surface area contributed by atoms with E-state index in [2.05, 4.69) is 15.6 Å². The highest BCUT2D eigenvalue weighted by Gasteiger charge is 2.38. The number of aromatic nitrogens is 1. The van der Waals surface area contributed by atoms with Crippen molar-refractivity contribution in [1.29, 1.82) is 0 Å². The van der Waals surface area contributed by atoms with Gasteiger partial charge in [-0.15, -0.1) is 23.7 Å². The van der Waals surface area contributed by atoms with E-state index in [1.807, 2.05) is 6.92 Å². The first-order valence-electron chi connectivity index (χ1n) is 6.72. The number of carbonyl (C=O) groups is 1. The van der Waals surface area contributed by atoms with Gasteiger partial charge in [0.15, 0.2) is 5.13 Å². The van der Waals surface area contributed by atoms with Crippen LogP contribution in [0.25, 0.3) is 0 Å². The molecule has 2 aliphatic rings. The van der Waals surface area contributed by atoms with Crippen molar-refractivity contribution in [2.75, 3.05) is 5.32 Å². The van der Waals surface area contributed by atoms with Crippen LogP contribution in [0.15, 0.2) is 6.20 Å². The summed E-state index contributed by atoms with van der Waals surface area (Å²) in [6.45, 7) is 2.00. The lowest BCUT2D eigenvalue weighted by Gasteiger charge is -2.24. The summed E-state index contributed by atoms with van der Waals surface area (Å²) in [5.74, 6) is 0.784. The van der Waals surface area contributed by atoms with Crippen molar-refractivity contribution in [1.82, 2.24) is 10.3 Å². The molecule has 0 aromatic carbocycles. The van der Waals surface area contributed by atoms with E-state index in [-0.39, 0.29) is 24.4 Å². The molecule has 0 radical (unpaired) electrons. The maximum atomic E-state index is 12.2. The van der Waals surface area contributed by atoms with E-state index in [9.17, 15) is 4.79 Å². The zero-order valence-electron chi connectivity index (χ0n) is 11.0. The summed E-state index contributed by atoms with van der Waals surface area (Å²) in [6.07, 6.45) is 7.91. The van der Waals surface area contributed by atoms with Crippen LogP contribution in [-0.4, -0.2) is 23.0 Å². The van der Waals surface area contributed by atoms with Crippen LogP contribution in [-0.2, 0) is 4.79 Å². The molecule has 3 rings (SSSR count). The maximum absolute atomic E-state index is 12.2. The molecule has 0 spiro atoms. The summed E-state index contributed by atoms with van der Waals surface area (Å²) in [5.41, 5.74) is 0. The van der Waals surface area contributed by atoms with Gasteiger partial charge in [0, 0.05) is 17.1 Å². The largest absolute Gasteiger partial charge is 0.303 e. The molecule has 2 N–H and O–H groups in total. The molecule has 1 aromatic rings. The SMILES string of the molecule is Cc1cnc(NC(=O)C2CC3CCCCC3N2)s1.Cl. The Morgan fingerprint density at radius 3 is 2.95 bits per heavy atom. The predicted octanol–water partition coefficient (Wildman–Crippen LogP) is 2.73. The van der Waals surface area contributed by atoms with Crippen LogP contribution < -0.4 is 10.6 Å². The highest BCUT2D eigenvalue weighted by molar-refractivity contribution is 7.15. The van der Waals surface area contributed by atoms with E-state index < -0.39 is 0 Å². The van der Waals surface area contributed by atoms with Gasteiger partial charge < -0.3 is 10.6 Å². The number of fused-ring (bicyclic) bond motifs is 1. The number of hydrogen-bond donors (Lipinski definition) is 2. The fourth-order valence-corrected chi connectivity index (χ4v) is 3.79. The van der Waals surface area contributed by atoms with Crippen LogP contribution in [0.4, 0.5) is 5.13 Å². The second kappa shape index (κ2) is 6.20. The van der Waals surface area contributed by atoms with Gasteiger partial charge >= 0.3 is 0 Å². The summed E-state index contributed by atoms with van der Waals surface area (Å²) < 4.78 is 0. The smallest absolute Gasteiger partial charge is 0.243 e. The van der Waals surface area contributed by atoms with Crippen molar-refractivity contribution in [2.45, 2.75) is 51.1 Å². The molecule has 2 heterocycles. The normalized spacial score (nSPS) is 29.4. The summed E-state index contributed by atoms with van der Waals surface area (Å²) in [5, 5.41) is 7.12. The minimum atomic E-state index is -0.0256. The van der Waals surface area contributed by atoms with E-state index in [4.69, 9.17) is 0 Å². The Morgan fingerprint density at radius 1 is 1.47 bits per heavy atom. The van der Waals surface area contributed by atoms with Crippen LogP contribution in [0, 0.1) is 12.8 Å². The zero-order valence-corrected chi connectivity index (χ0v) is 12.6. The zero-order chi connectivity index (χ0) is 12.5. The summed E-state index contributed by atoms with van der Waals surface area (Å²) in [4.78, 5) is 17.5. The number of halogens is 1. The van der Waals surface area contributed by atoms with Crippen LogP contribution >= 0.6 is 23.7 Å². The lowest BCUT2D eigenvalue weighted by molar-refractivity contribution is -0.117. The van der Waals surface area contributed by atoms with E-state index in [0.717, 1.165) is 11.3 Å². The topological polar surface area (TPSA) is 54.0 Å². The van der Waals surface area contributed by atoms with Crippen molar-refractivity contribution in [3.63, 3.8) is 0 Å². The molecule has 106 valence electrons. The number of anilines is 1. The highest BCUT2D eigenvalue weighted by Crippen LogP contribution is 2.33. The lowest BCUT2D eigenvalue weighted by atomic mass is 9.85. The molecule has 2 fully saturated rings. The van der Waals surface area contributed by atoms with Crippen molar-refractivity contribution >= 4 is 34.8 Å². The summed E-state index contributed by atoms with van der Waals surface area (Å²) in [6, 6.07) is 0.537. The number of carbonyl (C=O) groups excluding carboxylic acids is 1. The first-order chi connectivity index (χ1) is 8.72. The van der Waals surface area contributed by atoms with Crippen molar-refractivity contribution in [3.05, 3.63) is 11.1 Å². The first kappa shape index (κ1) is 14.8. The van der Waals surface area contributed by atoms with E-state index in [1.165, 1.54) is 37.0 Å². The van der Waals surface area contributed by atoms with E-state index >= 15 is 0 Å². The maximum Gasteiger partial charge on any atom is 0.243 e. The third kappa shape index (κ3) is 3.27. The standard InChI is InChI=1S/C13H19N3OS.ClH/c1-8-7-14-13(18-8)16-12(17)11-6-9-4-2-3-5-10(9)15-11;/h7,9-11,15H,2-6H2,1H3,(H,14,16,17);1H. The predicted molar refractivity (Wildman–Crippen MR) is 80.0 cm³/mol. The molecule has 19 heavy (non-hydrogen) atoms. The van der Waals surface area contributed by atoms with Crippen molar-refractivity contribution in [3.8, 4) is 0 Å². The lowest BCUT2D eigenvalue weighted by Crippen LogP contribution is -2.39. The van der Waals surface area contributed by atoms with Gasteiger partial charge in [0.25, 0.3) is 0 Å². The van der Waals surface area contributed by atoms with Gasteiger partial charge in [0.1, 0.15) is 0 Å². The number of rotatable bonds is 2. The molecule has 1 amide bonds. The molecule has 3 unspecified atom stereocenters. The molecule has 6 heteroatoms.